The van der Waals surface area contributed by atoms with E-state index in [1.54, 1.807) is 0 Å². The molecule has 0 radical (unpaired) electrons. The summed E-state index contributed by atoms with van der Waals surface area (Å²) in [5.41, 5.74) is 7.90. The van der Waals surface area contributed by atoms with E-state index < -0.39 is 11.1 Å². The van der Waals surface area contributed by atoms with Gasteiger partial charge in [-0.3, -0.25) is 10.1 Å². The summed E-state index contributed by atoms with van der Waals surface area (Å²) in [7, 11) is 0. The summed E-state index contributed by atoms with van der Waals surface area (Å²) in [6.45, 7) is 0.535. The number of ether oxygens (including phenoxy) is 3. The number of azide groups is 1. The molecule has 1 aromatic carbocycles. The first-order chi connectivity index (χ1) is 10.1. The Morgan fingerprint density at radius 1 is 1.29 bits per heavy atom. The number of nitro groups is 1. The Morgan fingerprint density at radius 3 is 2.62 bits per heavy atom. The second-order valence-corrected chi connectivity index (χ2v) is 3.52. The fourth-order valence-corrected chi connectivity index (χ4v) is 1.20. The van der Waals surface area contributed by atoms with Gasteiger partial charge in [0.25, 0.3) is 5.69 Å². The lowest BCUT2D eigenvalue weighted by Crippen LogP contribution is -2.15. The van der Waals surface area contributed by atoms with E-state index >= 15 is 0 Å². The molecule has 10 heteroatoms. The van der Waals surface area contributed by atoms with E-state index in [0.717, 1.165) is 0 Å². The fourth-order valence-electron chi connectivity index (χ4n) is 1.20. The Morgan fingerprint density at radius 2 is 2.00 bits per heavy atom. The summed E-state index contributed by atoms with van der Waals surface area (Å²) in [6, 6.07) is 4.99. The van der Waals surface area contributed by atoms with Gasteiger partial charge >= 0.3 is 6.16 Å². The van der Waals surface area contributed by atoms with E-state index in [-0.39, 0.29) is 37.8 Å². The summed E-state index contributed by atoms with van der Waals surface area (Å²) < 4.78 is 14.5. The number of nitro benzene ring substituents is 1. The monoisotopic (exact) mass is 296 g/mol. The van der Waals surface area contributed by atoms with Crippen LogP contribution in [-0.2, 0) is 9.47 Å². The second-order valence-electron chi connectivity index (χ2n) is 3.52. The molecule has 0 N–H and O–H groups in total. The SMILES string of the molecule is [N-]=[N+]=NCCOCCOC(=O)Oc1ccc([N+](=O)[O-])cc1. The second kappa shape index (κ2) is 9.13. The molecule has 0 amide bonds. The smallest absolute Gasteiger partial charge is 0.432 e. The zero-order chi connectivity index (χ0) is 15.5. The van der Waals surface area contributed by atoms with Crippen LogP contribution in [0.2, 0.25) is 0 Å². The molecule has 0 unspecified atom stereocenters. The van der Waals surface area contributed by atoms with Crippen LogP contribution < -0.4 is 4.74 Å². The Labute approximate surface area is 119 Å². The number of carbonyl (C=O) groups excluding carboxylic acids is 1. The van der Waals surface area contributed by atoms with Crippen LogP contribution >= 0.6 is 0 Å². The molecule has 1 aromatic rings. The maximum absolute atomic E-state index is 11.3. The summed E-state index contributed by atoms with van der Waals surface area (Å²) in [6.07, 6.45) is -0.942. The van der Waals surface area contributed by atoms with Gasteiger partial charge in [0.1, 0.15) is 12.4 Å². The topological polar surface area (TPSA) is 137 Å². The molecule has 0 heterocycles. The van der Waals surface area contributed by atoms with Gasteiger partial charge in [0.15, 0.2) is 0 Å². The van der Waals surface area contributed by atoms with Crippen LogP contribution in [0.1, 0.15) is 0 Å². The molecular formula is C11H12N4O6. The quantitative estimate of drug-likeness (QED) is 0.105. The highest BCUT2D eigenvalue weighted by Gasteiger charge is 2.08. The number of carbonyl (C=O) groups is 1. The molecule has 112 valence electrons. The number of hydrogen-bond acceptors (Lipinski definition) is 7. The van der Waals surface area contributed by atoms with Crippen molar-refractivity contribution in [3.8, 4) is 5.75 Å². The van der Waals surface area contributed by atoms with Crippen LogP contribution in [0.4, 0.5) is 10.5 Å². The molecule has 21 heavy (non-hydrogen) atoms. The van der Waals surface area contributed by atoms with Crippen LogP contribution in [0, 0.1) is 10.1 Å². The molecular weight excluding hydrogens is 284 g/mol. The molecule has 1 rings (SSSR count). The molecule has 0 aliphatic carbocycles. The van der Waals surface area contributed by atoms with Crippen molar-refractivity contribution in [2.24, 2.45) is 5.11 Å². The van der Waals surface area contributed by atoms with Crippen LogP contribution in [-0.4, -0.2) is 37.4 Å². The molecule has 0 fully saturated rings. The average molecular weight is 296 g/mol. The minimum Gasteiger partial charge on any atom is -0.432 e. The molecule has 0 aromatic heterocycles. The van der Waals surface area contributed by atoms with E-state index in [9.17, 15) is 14.9 Å². The van der Waals surface area contributed by atoms with Crippen molar-refractivity contribution in [3.63, 3.8) is 0 Å². The first-order valence-electron chi connectivity index (χ1n) is 5.81. The predicted octanol–water partition coefficient (Wildman–Crippen LogP) is 2.44. The van der Waals surface area contributed by atoms with Gasteiger partial charge in [0.05, 0.1) is 18.1 Å². The number of nitrogens with zero attached hydrogens (tertiary/aromatic N) is 4. The maximum atomic E-state index is 11.3. The first kappa shape index (κ1) is 16.2. The van der Waals surface area contributed by atoms with Crippen molar-refractivity contribution >= 4 is 11.8 Å². The fraction of sp³-hybridized carbons (Fsp3) is 0.364. The van der Waals surface area contributed by atoms with Gasteiger partial charge in [-0.15, -0.1) is 0 Å². The minimum atomic E-state index is -0.942. The lowest BCUT2D eigenvalue weighted by atomic mass is 10.3. The van der Waals surface area contributed by atoms with E-state index in [0.29, 0.717) is 0 Å². The zero-order valence-corrected chi connectivity index (χ0v) is 10.9. The highest BCUT2D eigenvalue weighted by Crippen LogP contribution is 2.17. The first-order valence-corrected chi connectivity index (χ1v) is 5.81. The summed E-state index contributed by atoms with van der Waals surface area (Å²) in [5.74, 6) is 0.134. The summed E-state index contributed by atoms with van der Waals surface area (Å²) >= 11 is 0. The van der Waals surface area contributed by atoms with Gasteiger partial charge in [-0.2, -0.15) is 0 Å². The van der Waals surface area contributed by atoms with Gasteiger partial charge in [-0.05, 0) is 17.7 Å². The van der Waals surface area contributed by atoms with Gasteiger partial charge in [-0.1, -0.05) is 5.11 Å². The lowest BCUT2D eigenvalue weighted by Gasteiger charge is -2.06. The third kappa shape index (κ3) is 6.76. The normalized spacial score (nSPS) is 9.52. The molecule has 0 aliphatic heterocycles. The Balaban J connectivity index is 2.21. The van der Waals surface area contributed by atoms with Gasteiger partial charge in [0.2, 0.25) is 0 Å². The van der Waals surface area contributed by atoms with E-state index in [4.69, 9.17) is 19.7 Å². The highest BCUT2D eigenvalue weighted by molar-refractivity contribution is 5.63. The van der Waals surface area contributed by atoms with Crippen molar-refractivity contribution in [2.45, 2.75) is 0 Å². The molecule has 10 nitrogen and oxygen atoms in total. The maximum Gasteiger partial charge on any atom is 0.513 e. The van der Waals surface area contributed by atoms with E-state index in [2.05, 4.69) is 10.0 Å². The largest absolute Gasteiger partial charge is 0.513 e. The predicted molar refractivity (Wildman–Crippen MR) is 69.9 cm³/mol. The van der Waals surface area contributed by atoms with Crippen LogP contribution in [0.3, 0.4) is 0 Å². The van der Waals surface area contributed by atoms with Gasteiger partial charge in [0, 0.05) is 23.6 Å². The van der Waals surface area contributed by atoms with Crippen molar-refractivity contribution in [3.05, 3.63) is 44.8 Å². The Kier molecular flexibility index (Phi) is 7.05. The molecule has 0 saturated heterocycles. The number of benzene rings is 1. The number of hydrogen-bond donors (Lipinski definition) is 0. The summed E-state index contributed by atoms with van der Waals surface area (Å²) in [4.78, 5) is 23.7. The molecule has 0 aliphatic rings. The van der Waals surface area contributed by atoms with Gasteiger partial charge < -0.3 is 14.2 Å². The summed E-state index contributed by atoms with van der Waals surface area (Å²) in [5, 5.41) is 13.7. The molecule has 0 bridgehead atoms. The van der Waals surface area contributed by atoms with Gasteiger partial charge in [-0.25, -0.2) is 4.79 Å². The van der Waals surface area contributed by atoms with E-state index in [1.807, 2.05) is 0 Å². The lowest BCUT2D eigenvalue weighted by molar-refractivity contribution is -0.384. The van der Waals surface area contributed by atoms with Crippen LogP contribution in [0.25, 0.3) is 10.4 Å². The molecule has 0 saturated carbocycles. The standard InChI is InChI=1S/C11H12N4O6/c12-14-13-5-6-19-7-8-20-11(16)21-10-3-1-9(2-4-10)15(17)18/h1-4H,5-8H2. The molecule has 0 atom stereocenters. The Bertz CT molecular complexity index is 526. The third-order valence-electron chi connectivity index (χ3n) is 2.10. The molecule has 0 spiro atoms. The minimum absolute atomic E-state index is 0.0257. The van der Waals surface area contributed by atoms with Crippen molar-refractivity contribution < 1.29 is 23.9 Å². The van der Waals surface area contributed by atoms with Crippen LogP contribution in [0.5, 0.6) is 5.75 Å². The third-order valence-corrected chi connectivity index (χ3v) is 2.10. The van der Waals surface area contributed by atoms with Crippen LogP contribution in [0.15, 0.2) is 29.4 Å². The number of non-ortho nitro benzene ring substituents is 1. The number of rotatable bonds is 8. The van der Waals surface area contributed by atoms with Crippen molar-refractivity contribution in [2.75, 3.05) is 26.4 Å². The van der Waals surface area contributed by atoms with E-state index in [1.165, 1.54) is 24.3 Å². The Hall–Kier alpha value is -2.84. The average Bonchev–Trinajstić information content (AvgIpc) is 2.47. The van der Waals surface area contributed by atoms with Crippen molar-refractivity contribution in [1.29, 1.82) is 0 Å². The highest BCUT2D eigenvalue weighted by atomic mass is 16.7. The van der Waals surface area contributed by atoms with Crippen molar-refractivity contribution in [1.82, 2.24) is 0 Å². The zero-order valence-electron chi connectivity index (χ0n) is 10.9.